The van der Waals surface area contributed by atoms with E-state index in [-0.39, 0.29) is 59.1 Å². The maximum atomic E-state index is 10.8. The van der Waals surface area contributed by atoms with Gasteiger partial charge in [0, 0.05) is 26.4 Å². The van der Waals surface area contributed by atoms with Gasteiger partial charge in [0.25, 0.3) is 0 Å². The summed E-state index contributed by atoms with van der Waals surface area (Å²) < 4.78 is 36.4. The van der Waals surface area contributed by atoms with E-state index in [1.807, 2.05) is 0 Å². The number of hydrogen-bond donors (Lipinski definition) is 0. The molecule has 0 spiro atoms. The number of carbonyl (C=O) groups excluding carboxylic acids is 2. The summed E-state index contributed by atoms with van der Waals surface area (Å²) in [7, 11) is -8.05. The van der Waals surface area contributed by atoms with E-state index in [9.17, 15) is 28.5 Å². The van der Waals surface area contributed by atoms with Crippen molar-refractivity contribution in [3.63, 3.8) is 0 Å². The topological polar surface area (TPSA) is 151 Å². The van der Waals surface area contributed by atoms with Gasteiger partial charge in [-0.25, -0.2) is 9.59 Å². The smallest absolute Gasteiger partial charge is 0.746 e. The van der Waals surface area contributed by atoms with Crippen LogP contribution in [-0.4, -0.2) is 26.2 Å². The van der Waals surface area contributed by atoms with Crippen LogP contribution in [0.25, 0.3) is 0 Å². The van der Waals surface area contributed by atoms with Gasteiger partial charge in [0.2, 0.25) is 0 Å². The van der Waals surface area contributed by atoms with Gasteiger partial charge in [0.05, 0.1) is 0 Å². The van der Waals surface area contributed by atoms with Crippen molar-refractivity contribution in [1.29, 1.82) is 0 Å². The average molecular weight is 348 g/mol. The van der Waals surface area contributed by atoms with Gasteiger partial charge in [-0.3, -0.25) is 9.13 Å². The molecule has 0 saturated heterocycles. The van der Waals surface area contributed by atoms with Crippen LogP contribution in [0.3, 0.4) is 0 Å². The average Bonchev–Trinajstić information content (AvgIpc) is 2.25. The summed E-state index contributed by atoms with van der Waals surface area (Å²) in [5, 5.41) is 0. The fraction of sp³-hybridized carbons (Fsp3) is 0.333. The number of phosphoric ester groups is 2. The van der Waals surface area contributed by atoms with Crippen molar-refractivity contribution >= 4 is 27.6 Å². The molecule has 0 heterocycles. The van der Waals surface area contributed by atoms with Crippen molar-refractivity contribution in [1.82, 2.24) is 0 Å². The Morgan fingerprint density at radius 3 is 1.30 bits per heavy atom. The summed E-state index contributed by atoms with van der Waals surface area (Å²) >= 11 is 0. The molecule has 2 unspecified atom stereocenters. The van der Waals surface area contributed by atoms with Crippen LogP contribution >= 0.6 is 15.6 Å². The van der Waals surface area contributed by atoms with Gasteiger partial charge in [-0.1, -0.05) is 0 Å². The van der Waals surface area contributed by atoms with Gasteiger partial charge >= 0.3 is 86.7 Å². The Balaban J connectivity index is -0.00000144. The molecule has 20 heavy (non-hydrogen) atoms. The van der Waals surface area contributed by atoms with E-state index in [4.69, 9.17) is 0 Å². The third kappa shape index (κ3) is 12.7. The largest absolute Gasteiger partial charge is 1.00 e. The zero-order chi connectivity index (χ0) is 14.4. The quantitative estimate of drug-likeness (QED) is 0.257. The predicted octanol–water partition coefficient (Wildman–Crippen LogP) is -7.13. The first-order chi connectivity index (χ1) is 8.12. The molecule has 0 saturated carbocycles. The first-order valence-electron chi connectivity index (χ1n) is 4.00. The molecular weight excluding hydrogens is 340 g/mol. The second kappa shape index (κ2) is 11.5. The molecule has 0 radical (unpaired) electrons. The zero-order valence-electron chi connectivity index (χ0n) is 11.1. The molecule has 0 aromatic rings. The Kier molecular flexibility index (Phi) is 14.9. The van der Waals surface area contributed by atoms with Crippen LogP contribution in [-0.2, 0) is 36.8 Å². The number of carbonyl (C=O) groups is 2. The van der Waals surface area contributed by atoms with E-state index in [0.29, 0.717) is 12.2 Å². The van der Waals surface area contributed by atoms with E-state index in [2.05, 4.69) is 18.1 Å². The fourth-order valence-corrected chi connectivity index (χ4v) is 1.20. The molecule has 0 aromatic heterocycles. The van der Waals surface area contributed by atoms with Crippen molar-refractivity contribution in [2.75, 3.05) is 14.2 Å². The van der Waals surface area contributed by atoms with Gasteiger partial charge in [0.15, 0.2) is 0 Å². The van der Waals surface area contributed by atoms with Crippen LogP contribution in [0.4, 0.5) is 0 Å². The van der Waals surface area contributed by atoms with Crippen LogP contribution in [0.2, 0.25) is 0 Å². The molecule has 10 nitrogen and oxygen atoms in total. The predicted molar refractivity (Wildman–Crippen MR) is 50.6 cm³/mol. The van der Waals surface area contributed by atoms with Crippen molar-refractivity contribution in [2.24, 2.45) is 0 Å². The maximum absolute atomic E-state index is 10.8. The van der Waals surface area contributed by atoms with Gasteiger partial charge in [0.1, 0.15) is 0 Å². The Labute approximate surface area is 158 Å². The summed E-state index contributed by atoms with van der Waals surface area (Å²) in [4.78, 5) is 42.9. The Bertz CT molecular complexity index is 409. The van der Waals surface area contributed by atoms with Gasteiger partial charge in [-0.05, 0) is 0 Å². The van der Waals surface area contributed by atoms with E-state index >= 15 is 0 Å². The van der Waals surface area contributed by atoms with Crippen LogP contribution in [0.15, 0.2) is 12.2 Å². The van der Waals surface area contributed by atoms with E-state index in [0.717, 1.165) is 14.2 Å². The third-order valence-corrected chi connectivity index (χ3v) is 2.91. The molecule has 0 fully saturated rings. The summed E-state index contributed by atoms with van der Waals surface area (Å²) in [6.07, 6.45) is 0.670. The molecule has 0 aliphatic rings. The minimum absolute atomic E-state index is 0. The van der Waals surface area contributed by atoms with Crippen molar-refractivity contribution in [3.05, 3.63) is 12.2 Å². The molecule has 0 rings (SSSR count). The molecule has 0 N–H and O–H groups in total. The summed E-state index contributed by atoms with van der Waals surface area (Å²) in [5.41, 5.74) is 0. The Morgan fingerprint density at radius 1 is 0.850 bits per heavy atom. The molecule has 0 aliphatic carbocycles. The number of phosphoric acid groups is 2. The van der Waals surface area contributed by atoms with Crippen molar-refractivity contribution in [3.8, 4) is 0 Å². The van der Waals surface area contributed by atoms with Crippen molar-refractivity contribution in [2.45, 2.75) is 0 Å². The molecular formula is C6H8Na2O10P2. The van der Waals surface area contributed by atoms with Crippen LogP contribution in [0.5, 0.6) is 0 Å². The van der Waals surface area contributed by atoms with Gasteiger partial charge < -0.3 is 27.9 Å². The summed E-state index contributed by atoms with van der Waals surface area (Å²) in [5.74, 6) is -2.93. The van der Waals surface area contributed by atoms with Crippen LogP contribution in [0, 0.1) is 0 Å². The van der Waals surface area contributed by atoms with Gasteiger partial charge in [-0.2, -0.15) is 0 Å². The second-order valence-corrected chi connectivity index (χ2v) is 5.30. The van der Waals surface area contributed by atoms with E-state index < -0.39 is 27.6 Å². The zero-order valence-corrected chi connectivity index (χ0v) is 16.9. The Morgan fingerprint density at radius 2 is 1.10 bits per heavy atom. The second-order valence-electron chi connectivity index (χ2n) is 2.41. The first kappa shape index (κ1) is 25.9. The fourth-order valence-electron chi connectivity index (χ4n) is 0.492. The number of hydrogen-bond acceptors (Lipinski definition) is 10. The molecule has 0 amide bonds. The van der Waals surface area contributed by atoms with Gasteiger partial charge in [-0.15, -0.1) is 0 Å². The monoisotopic (exact) mass is 348 g/mol. The Hall–Kier alpha value is 0.980. The first-order valence-corrected chi connectivity index (χ1v) is 6.93. The molecule has 0 bridgehead atoms. The summed E-state index contributed by atoms with van der Waals surface area (Å²) in [6.45, 7) is 0. The minimum Gasteiger partial charge on any atom is -0.746 e. The van der Waals surface area contributed by atoms with Crippen LogP contribution < -0.4 is 68.9 Å². The normalized spacial score (nSPS) is 16.0. The third-order valence-electron chi connectivity index (χ3n) is 1.21. The van der Waals surface area contributed by atoms with E-state index in [1.54, 1.807) is 0 Å². The molecule has 0 aromatic carbocycles. The van der Waals surface area contributed by atoms with Crippen LogP contribution in [0.1, 0.15) is 0 Å². The number of rotatable bonds is 6. The standard InChI is InChI=1S/C6H10O10P2.2Na/c1-13-17(9,10)15-5(7)3-4-6(8)16-18(11,12)14-2;;/h3-4H,1-2H3,(H,9,10)(H,11,12);;/q;2*+1/p-2/b4-3+;;. The molecule has 104 valence electrons. The molecule has 0 aliphatic heterocycles. The minimum atomic E-state index is -4.78. The van der Waals surface area contributed by atoms with Crippen molar-refractivity contribution < 1.29 is 106 Å². The molecule has 2 atom stereocenters. The molecule has 14 heteroatoms. The SMILES string of the molecule is COP(=O)([O-])OC(=O)/C=C/C(=O)OP(=O)([O-])OC.[Na+].[Na+]. The maximum Gasteiger partial charge on any atom is 1.00 e. The van der Waals surface area contributed by atoms with E-state index in [1.165, 1.54) is 0 Å². The summed E-state index contributed by atoms with van der Waals surface area (Å²) in [6, 6.07) is 0.